The van der Waals surface area contributed by atoms with Gasteiger partial charge in [0.1, 0.15) is 11.5 Å². The van der Waals surface area contributed by atoms with E-state index >= 15 is 0 Å². The lowest BCUT2D eigenvalue weighted by molar-refractivity contribution is 0.0940. The Morgan fingerprint density at radius 1 is 0.947 bits per heavy atom. The monoisotopic (exact) mass is 535 g/mol. The summed E-state index contributed by atoms with van der Waals surface area (Å²) in [5, 5.41) is 3.67. The maximum Gasteiger partial charge on any atom is 0.267 e. The first-order chi connectivity index (χ1) is 17.8. The van der Waals surface area contributed by atoms with Crippen LogP contribution in [-0.2, 0) is 22.0 Å². The Morgan fingerprint density at radius 3 is 2.21 bits per heavy atom. The number of amides is 1. The Hall–Kier alpha value is -3.65. The molecule has 0 atom stereocenters. The van der Waals surface area contributed by atoms with Crippen molar-refractivity contribution in [3.8, 4) is 0 Å². The van der Waals surface area contributed by atoms with E-state index in [2.05, 4.69) is 30.8 Å². The van der Waals surface area contributed by atoms with Crippen LogP contribution in [0.5, 0.6) is 0 Å². The van der Waals surface area contributed by atoms with E-state index in [-0.39, 0.29) is 28.0 Å². The molecule has 8 heteroatoms. The van der Waals surface area contributed by atoms with Crippen molar-refractivity contribution < 1.29 is 17.6 Å². The van der Waals surface area contributed by atoms with Crippen LogP contribution in [0.2, 0.25) is 0 Å². The molecule has 1 heterocycles. The van der Waals surface area contributed by atoms with Gasteiger partial charge in [-0.15, -0.1) is 0 Å². The van der Waals surface area contributed by atoms with E-state index in [1.807, 2.05) is 30.5 Å². The van der Waals surface area contributed by atoms with E-state index in [0.29, 0.717) is 29.9 Å². The van der Waals surface area contributed by atoms with Gasteiger partial charge < -0.3 is 9.88 Å². The summed E-state index contributed by atoms with van der Waals surface area (Å²) in [4.78, 5) is 13.3. The second-order valence-electron chi connectivity index (χ2n) is 11.0. The van der Waals surface area contributed by atoms with Crippen molar-refractivity contribution in [2.24, 2.45) is 5.92 Å². The van der Waals surface area contributed by atoms with Gasteiger partial charge >= 0.3 is 0 Å². The number of carbonyl (C=O) groups excluding carboxylic acids is 1. The van der Waals surface area contributed by atoms with Gasteiger partial charge in [0.2, 0.25) is 0 Å². The summed E-state index contributed by atoms with van der Waals surface area (Å²) in [5.74, 6) is -0.267. The number of sulfonamides is 1. The first-order valence-electron chi connectivity index (χ1n) is 12.6. The minimum Gasteiger partial charge on any atom is -0.351 e. The molecule has 0 spiro atoms. The van der Waals surface area contributed by atoms with Crippen LogP contribution in [0.4, 0.5) is 10.1 Å². The number of aromatic nitrogens is 1. The average Bonchev–Trinajstić information content (AvgIpc) is 3.20. The maximum atomic E-state index is 13.4. The zero-order valence-electron chi connectivity index (χ0n) is 22.4. The van der Waals surface area contributed by atoms with Gasteiger partial charge in [0.05, 0.1) is 4.90 Å². The van der Waals surface area contributed by atoms with Gasteiger partial charge in [-0.3, -0.25) is 9.52 Å². The molecular weight excluding hydrogens is 501 g/mol. The Bertz CT molecular complexity index is 1550. The second-order valence-corrected chi connectivity index (χ2v) is 12.7. The van der Waals surface area contributed by atoms with Crippen molar-refractivity contribution in [1.82, 2.24) is 9.88 Å². The standard InChI is InChI=1S/C30H34FN3O3S/c1-20(2)18-32-29(35)28-17-22-16-25(12-15-27(22)34(28)19-21-6-10-24(31)11-7-21)33-38(36,37)26-13-8-23(9-14-26)30(3,4)5/h6-17,20,33H,18-19H2,1-5H3,(H,32,35). The molecule has 0 aliphatic heterocycles. The topological polar surface area (TPSA) is 80.2 Å². The summed E-state index contributed by atoms with van der Waals surface area (Å²) in [6.07, 6.45) is 0. The molecule has 0 aliphatic carbocycles. The second kappa shape index (κ2) is 10.6. The van der Waals surface area contributed by atoms with Gasteiger partial charge in [0, 0.05) is 29.7 Å². The molecule has 3 aromatic carbocycles. The first-order valence-corrected chi connectivity index (χ1v) is 14.1. The number of halogens is 1. The molecule has 0 aliphatic rings. The van der Waals surface area contributed by atoms with Gasteiger partial charge in [-0.2, -0.15) is 0 Å². The quantitative estimate of drug-likeness (QED) is 0.277. The minimum atomic E-state index is -3.81. The molecule has 0 radical (unpaired) electrons. The lowest BCUT2D eigenvalue weighted by Gasteiger charge is -2.19. The number of nitrogens with one attached hydrogen (secondary N) is 2. The van der Waals surface area contributed by atoms with Crippen LogP contribution in [0, 0.1) is 11.7 Å². The highest BCUT2D eigenvalue weighted by molar-refractivity contribution is 7.92. The van der Waals surface area contributed by atoms with Crippen LogP contribution < -0.4 is 10.0 Å². The molecule has 1 aromatic heterocycles. The molecule has 2 N–H and O–H groups in total. The highest BCUT2D eigenvalue weighted by Crippen LogP contribution is 2.28. The van der Waals surface area contributed by atoms with Crippen molar-refractivity contribution in [3.05, 3.63) is 95.4 Å². The minimum absolute atomic E-state index is 0.0823. The highest BCUT2D eigenvalue weighted by Gasteiger charge is 2.20. The van der Waals surface area contributed by atoms with E-state index in [9.17, 15) is 17.6 Å². The molecule has 0 fully saturated rings. The fraction of sp³-hybridized carbons (Fsp3) is 0.300. The smallest absolute Gasteiger partial charge is 0.267 e. The summed E-state index contributed by atoms with van der Waals surface area (Å²) in [5.41, 5.74) is 3.41. The van der Waals surface area contributed by atoms with Crippen molar-refractivity contribution in [3.63, 3.8) is 0 Å². The molecule has 1 amide bonds. The number of rotatable bonds is 8. The van der Waals surface area contributed by atoms with Crippen LogP contribution in [0.25, 0.3) is 10.9 Å². The van der Waals surface area contributed by atoms with Crippen molar-refractivity contribution in [2.45, 2.75) is 51.5 Å². The fourth-order valence-corrected chi connectivity index (χ4v) is 5.25. The van der Waals surface area contributed by atoms with E-state index in [4.69, 9.17) is 0 Å². The third-order valence-electron chi connectivity index (χ3n) is 6.34. The van der Waals surface area contributed by atoms with Crippen molar-refractivity contribution >= 4 is 32.5 Å². The van der Waals surface area contributed by atoms with Crippen LogP contribution in [-0.4, -0.2) is 25.4 Å². The molecule has 6 nitrogen and oxygen atoms in total. The number of nitrogens with zero attached hydrogens (tertiary/aromatic N) is 1. The molecule has 38 heavy (non-hydrogen) atoms. The van der Waals surface area contributed by atoms with Gasteiger partial charge in [0.15, 0.2) is 0 Å². The molecule has 0 saturated carbocycles. The molecule has 0 saturated heterocycles. The van der Waals surface area contributed by atoms with Crippen LogP contribution in [0.15, 0.2) is 77.7 Å². The number of hydrogen-bond acceptors (Lipinski definition) is 3. The average molecular weight is 536 g/mol. The lowest BCUT2D eigenvalue weighted by Crippen LogP contribution is -2.29. The molecule has 0 unspecified atom stereocenters. The highest BCUT2D eigenvalue weighted by atomic mass is 32.2. The van der Waals surface area contributed by atoms with Gasteiger partial charge in [-0.1, -0.05) is 58.9 Å². The number of benzene rings is 3. The molecule has 4 rings (SSSR count). The normalized spacial score (nSPS) is 12.2. The van der Waals surface area contributed by atoms with Gasteiger partial charge in [-0.05, 0) is 71.0 Å². The number of hydrogen-bond donors (Lipinski definition) is 2. The zero-order chi connectivity index (χ0) is 27.7. The Balaban J connectivity index is 1.67. The Morgan fingerprint density at radius 2 is 1.61 bits per heavy atom. The van der Waals surface area contributed by atoms with Crippen LogP contribution in [0.1, 0.15) is 56.2 Å². The van der Waals surface area contributed by atoms with E-state index in [1.165, 1.54) is 12.1 Å². The maximum absolute atomic E-state index is 13.4. The fourth-order valence-electron chi connectivity index (χ4n) is 4.20. The molecule has 0 bridgehead atoms. The first kappa shape index (κ1) is 27.4. The van der Waals surface area contributed by atoms with Crippen LogP contribution in [0.3, 0.4) is 0 Å². The number of anilines is 1. The van der Waals surface area contributed by atoms with Gasteiger partial charge in [0.25, 0.3) is 15.9 Å². The third kappa shape index (κ3) is 6.25. The Kier molecular flexibility index (Phi) is 7.65. The van der Waals surface area contributed by atoms with Gasteiger partial charge in [-0.25, -0.2) is 12.8 Å². The summed E-state index contributed by atoms with van der Waals surface area (Å²) < 4.78 is 44.1. The Labute approximate surface area is 223 Å². The predicted molar refractivity (Wildman–Crippen MR) is 151 cm³/mol. The molecule has 200 valence electrons. The van der Waals surface area contributed by atoms with E-state index in [1.54, 1.807) is 48.5 Å². The molecule has 4 aromatic rings. The van der Waals surface area contributed by atoms with E-state index in [0.717, 1.165) is 16.6 Å². The summed E-state index contributed by atoms with van der Waals surface area (Å²) in [6, 6.07) is 20.0. The number of carbonyl (C=O) groups is 1. The summed E-state index contributed by atoms with van der Waals surface area (Å²) >= 11 is 0. The summed E-state index contributed by atoms with van der Waals surface area (Å²) in [6.45, 7) is 11.1. The largest absolute Gasteiger partial charge is 0.351 e. The third-order valence-corrected chi connectivity index (χ3v) is 7.74. The predicted octanol–water partition coefficient (Wildman–Crippen LogP) is 6.31. The summed E-state index contributed by atoms with van der Waals surface area (Å²) in [7, 11) is -3.81. The lowest BCUT2D eigenvalue weighted by atomic mass is 9.87. The van der Waals surface area contributed by atoms with Crippen LogP contribution >= 0.6 is 0 Å². The number of fused-ring (bicyclic) bond motifs is 1. The molecular formula is C30H34FN3O3S. The zero-order valence-corrected chi connectivity index (χ0v) is 23.2. The van der Waals surface area contributed by atoms with E-state index < -0.39 is 10.0 Å². The SMILES string of the molecule is CC(C)CNC(=O)c1cc2cc(NS(=O)(=O)c3ccc(C(C)(C)C)cc3)ccc2n1Cc1ccc(F)cc1. The van der Waals surface area contributed by atoms with Crippen molar-refractivity contribution in [2.75, 3.05) is 11.3 Å². The van der Waals surface area contributed by atoms with Crippen molar-refractivity contribution in [1.29, 1.82) is 0 Å².